The highest BCUT2D eigenvalue weighted by Gasteiger charge is 2.21. The van der Waals surface area contributed by atoms with Gasteiger partial charge in [0.25, 0.3) is 5.91 Å². The third kappa shape index (κ3) is 4.96. The molecule has 26 heavy (non-hydrogen) atoms. The minimum Gasteiger partial charge on any atom is -0.494 e. The zero-order valence-electron chi connectivity index (χ0n) is 15.3. The number of hydrogen-bond acceptors (Lipinski definition) is 3. The lowest BCUT2D eigenvalue weighted by Crippen LogP contribution is -2.48. The van der Waals surface area contributed by atoms with Crippen molar-refractivity contribution in [1.29, 1.82) is 0 Å². The Labute approximate surface area is 155 Å². The van der Waals surface area contributed by atoms with Crippen molar-refractivity contribution in [1.82, 2.24) is 9.80 Å². The van der Waals surface area contributed by atoms with Crippen LogP contribution in [0.25, 0.3) is 6.08 Å². The van der Waals surface area contributed by atoms with Crippen molar-refractivity contribution in [3.8, 4) is 5.75 Å². The zero-order valence-corrected chi connectivity index (χ0v) is 15.3. The molecule has 1 fully saturated rings. The maximum atomic E-state index is 12.7. The van der Waals surface area contributed by atoms with Gasteiger partial charge in [0.15, 0.2) is 0 Å². The summed E-state index contributed by atoms with van der Waals surface area (Å²) in [5, 5.41) is 0. The third-order valence-electron chi connectivity index (χ3n) is 4.52. The molecule has 0 N–H and O–H groups in total. The van der Waals surface area contributed by atoms with Gasteiger partial charge in [0.2, 0.25) is 0 Å². The van der Waals surface area contributed by atoms with Crippen LogP contribution >= 0.6 is 0 Å². The molecule has 3 rings (SSSR count). The van der Waals surface area contributed by atoms with Gasteiger partial charge in [-0.3, -0.25) is 9.69 Å². The van der Waals surface area contributed by atoms with Crippen molar-refractivity contribution in [3.63, 3.8) is 0 Å². The van der Waals surface area contributed by atoms with Crippen LogP contribution in [-0.2, 0) is 0 Å². The van der Waals surface area contributed by atoms with Crippen LogP contribution in [0, 0.1) is 0 Å². The number of nitrogens with zero attached hydrogens (tertiary/aromatic N) is 2. The van der Waals surface area contributed by atoms with E-state index >= 15 is 0 Å². The molecule has 2 aromatic carbocycles. The third-order valence-corrected chi connectivity index (χ3v) is 4.52. The van der Waals surface area contributed by atoms with Gasteiger partial charge in [0.05, 0.1) is 6.61 Å². The van der Waals surface area contributed by atoms with E-state index in [1.165, 1.54) is 5.56 Å². The molecule has 1 aliphatic rings. The van der Waals surface area contributed by atoms with Crippen molar-refractivity contribution >= 4 is 12.0 Å². The Morgan fingerprint density at radius 2 is 1.81 bits per heavy atom. The van der Waals surface area contributed by atoms with Crippen molar-refractivity contribution in [3.05, 3.63) is 71.8 Å². The summed E-state index contributed by atoms with van der Waals surface area (Å²) in [6.07, 6.45) is 4.34. The predicted octanol–water partition coefficient (Wildman–Crippen LogP) is 3.56. The van der Waals surface area contributed by atoms with Gasteiger partial charge < -0.3 is 9.64 Å². The highest BCUT2D eigenvalue weighted by molar-refractivity contribution is 5.94. The van der Waals surface area contributed by atoms with E-state index in [1.807, 2.05) is 54.3 Å². The van der Waals surface area contributed by atoms with Gasteiger partial charge >= 0.3 is 0 Å². The minimum atomic E-state index is 0.0889. The Balaban J connectivity index is 1.49. The number of piperazine rings is 1. The fourth-order valence-electron chi connectivity index (χ4n) is 3.10. The lowest BCUT2D eigenvalue weighted by atomic mass is 10.1. The predicted molar refractivity (Wildman–Crippen MR) is 105 cm³/mol. The first kappa shape index (κ1) is 18.2. The van der Waals surface area contributed by atoms with Crippen LogP contribution in [0.5, 0.6) is 5.75 Å². The first-order valence-corrected chi connectivity index (χ1v) is 9.22. The number of benzene rings is 2. The van der Waals surface area contributed by atoms with Crippen LogP contribution in [0.4, 0.5) is 0 Å². The zero-order chi connectivity index (χ0) is 18.2. The lowest BCUT2D eigenvalue weighted by molar-refractivity contribution is 0.0650. The van der Waals surface area contributed by atoms with Crippen LogP contribution in [0.3, 0.4) is 0 Å². The van der Waals surface area contributed by atoms with E-state index in [1.54, 1.807) is 0 Å². The number of carbonyl (C=O) groups is 1. The number of amides is 1. The van der Waals surface area contributed by atoms with Crippen LogP contribution < -0.4 is 4.74 Å². The Kier molecular flexibility index (Phi) is 6.45. The number of carbonyl (C=O) groups excluding carboxylic acids is 1. The maximum absolute atomic E-state index is 12.7. The van der Waals surface area contributed by atoms with E-state index in [0.717, 1.165) is 38.5 Å². The fraction of sp³-hybridized carbons (Fsp3) is 0.318. The Hall–Kier alpha value is -2.59. The summed E-state index contributed by atoms with van der Waals surface area (Å²) in [5.74, 6) is 0.842. The normalized spacial score (nSPS) is 15.3. The average molecular weight is 350 g/mol. The monoisotopic (exact) mass is 350 g/mol. The number of hydrogen-bond donors (Lipinski definition) is 0. The molecule has 2 aromatic rings. The summed E-state index contributed by atoms with van der Waals surface area (Å²) >= 11 is 0. The molecular weight excluding hydrogens is 324 g/mol. The van der Waals surface area contributed by atoms with Crippen LogP contribution in [0.15, 0.2) is 60.7 Å². The van der Waals surface area contributed by atoms with Crippen molar-refractivity contribution < 1.29 is 9.53 Å². The van der Waals surface area contributed by atoms with Crippen molar-refractivity contribution in [2.45, 2.75) is 6.92 Å². The topological polar surface area (TPSA) is 32.8 Å². The summed E-state index contributed by atoms with van der Waals surface area (Å²) in [7, 11) is 0. The van der Waals surface area contributed by atoms with E-state index < -0.39 is 0 Å². The summed E-state index contributed by atoms with van der Waals surface area (Å²) in [5.41, 5.74) is 1.92. The molecule has 0 radical (unpaired) electrons. The number of ether oxygens (including phenoxy) is 1. The second-order valence-electron chi connectivity index (χ2n) is 6.37. The maximum Gasteiger partial charge on any atom is 0.254 e. The highest BCUT2D eigenvalue weighted by Crippen LogP contribution is 2.16. The van der Waals surface area contributed by atoms with Gasteiger partial charge in [0.1, 0.15) is 5.75 Å². The number of rotatable bonds is 6. The molecule has 1 saturated heterocycles. The van der Waals surface area contributed by atoms with E-state index in [-0.39, 0.29) is 5.91 Å². The average Bonchev–Trinajstić information content (AvgIpc) is 2.69. The van der Waals surface area contributed by atoms with Gasteiger partial charge in [0, 0.05) is 38.3 Å². The van der Waals surface area contributed by atoms with Crippen LogP contribution in [0.1, 0.15) is 22.8 Å². The molecule has 1 amide bonds. The molecule has 0 unspecified atom stereocenters. The first-order chi connectivity index (χ1) is 12.8. The second kappa shape index (κ2) is 9.20. The van der Waals surface area contributed by atoms with Gasteiger partial charge in [-0.2, -0.15) is 0 Å². The van der Waals surface area contributed by atoms with Crippen LogP contribution in [-0.4, -0.2) is 55.0 Å². The molecular formula is C22H26N2O2. The van der Waals surface area contributed by atoms with E-state index in [2.05, 4.69) is 29.2 Å². The SMILES string of the molecule is CCOc1cccc(C(=O)N2CCN(C/C=C/c3ccccc3)CC2)c1. The van der Waals surface area contributed by atoms with E-state index in [0.29, 0.717) is 12.2 Å². The summed E-state index contributed by atoms with van der Waals surface area (Å²) in [6, 6.07) is 17.8. The van der Waals surface area contributed by atoms with E-state index in [4.69, 9.17) is 4.74 Å². The minimum absolute atomic E-state index is 0.0889. The second-order valence-corrected chi connectivity index (χ2v) is 6.37. The van der Waals surface area contributed by atoms with Gasteiger partial charge in [-0.15, -0.1) is 0 Å². The lowest BCUT2D eigenvalue weighted by Gasteiger charge is -2.34. The summed E-state index contributed by atoms with van der Waals surface area (Å²) < 4.78 is 5.50. The molecule has 1 heterocycles. The molecule has 4 heteroatoms. The smallest absolute Gasteiger partial charge is 0.254 e. The molecule has 136 valence electrons. The van der Waals surface area contributed by atoms with Crippen molar-refractivity contribution in [2.24, 2.45) is 0 Å². The first-order valence-electron chi connectivity index (χ1n) is 9.22. The molecule has 0 atom stereocenters. The Morgan fingerprint density at radius 1 is 1.04 bits per heavy atom. The van der Waals surface area contributed by atoms with E-state index in [9.17, 15) is 4.79 Å². The molecule has 0 spiro atoms. The van der Waals surface area contributed by atoms with Crippen LogP contribution in [0.2, 0.25) is 0 Å². The fourth-order valence-corrected chi connectivity index (χ4v) is 3.10. The standard InChI is InChI=1S/C22H26N2O2/c1-2-26-21-12-6-11-20(18-21)22(25)24-16-14-23(15-17-24)13-7-10-19-8-4-3-5-9-19/h3-12,18H,2,13-17H2,1H3/b10-7+. The highest BCUT2D eigenvalue weighted by atomic mass is 16.5. The molecule has 4 nitrogen and oxygen atoms in total. The van der Waals surface area contributed by atoms with Gasteiger partial charge in [-0.25, -0.2) is 0 Å². The quantitative estimate of drug-likeness (QED) is 0.799. The molecule has 0 aliphatic carbocycles. The van der Waals surface area contributed by atoms with Crippen molar-refractivity contribution in [2.75, 3.05) is 39.3 Å². The Bertz CT molecular complexity index is 735. The molecule has 0 aromatic heterocycles. The molecule has 0 saturated carbocycles. The Morgan fingerprint density at radius 3 is 2.54 bits per heavy atom. The largest absolute Gasteiger partial charge is 0.494 e. The van der Waals surface area contributed by atoms with Gasteiger partial charge in [-0.1, -0.05) is 48.6 Å². The summed E-state index contributed by atoms with van der Waals surface area (Å²) in [6.45, 7) is 6.78. The van der Waals surface area contributed by atoms with Gasteiger partial charge in [-0.05, 0) is 30.7 Å². The molecule has 1 aliphatic heterocycles. The summed E-state index contributed by atoms with van der Waals surface area (Å²) in [4.78, 5) is 17.0. The molecule has 0 bridgehead atoms.